The molecule has 12 rings (SSSR count). The lowest BCUT2D eigenvalue weighted by Gasteiger charge is -2.31. The Balaban J connectivity index is 1.13. The monoisotopic (exact) mass is 742 g/mol. The molecule has 0 N–H and O–H groups in total. The highest BCUT2D eigenvalue weighted by Crippen LogP contribution is 2.51. The normalized spacial score (nSPS) is 12.2. The fourth-order valence-corrected chi connectivity index (χ4v) is 9.83. The standard InChI is InChI=1S/C55H38N2O/c1-34-13-3-8-20-46(34)56(48-22-11-18-40-39-16-6-5-15-38(39)33-45(40)48)49-31-27-36-26-30-44-50(32-28-37-25-29-43(49)53(36)54(37)44)57(47-21-9-4-14-35(47)2)51-23-12-19-42-41-17-7-10-24-52(41)58-55(42)51/h3-32H,33H2,1-2H3. The summed E-state index contributed by atoms with van der Waals surface area (Å²) >= 11 is 0. The number of hydrogen-bond donors (Lipinski definition) is 0. The van der Waals surface area contributed by atoms with E-state index in [0.717, 1.165) is 45.4 Å². The molecule has 274 valence electrons. The van der Waals surface area contributed by atoms with Crippen molar-refractivity contribution in [2.24, 2.45) is 0 Å². The SMILES string of the molecule is Cc1ccccc1N(c1cccc2c1Cc1ccccc1-2)c1ccc2ccc3c(N(c4ccccc4C)c4cccc5c4oc4ccccc45)ccc4ccc1c2c43. The molecule has 0 fully saturated rings. The molecule has 11 aromatic rings. The second-order valence-electron chi connectivity index (χ2n) is 15.7. The Kier molecular flexibility index (Phi) is 7.12. The maximum atomic E-state index is 6.71. The van der Waals surface area contributed by atoms with Crippen LogP contribution in [0.15, 0.2) is 186 Å². The molecule has 1 heterocycles. The highest BCUT2D eigenvalue weighted by atomic mass is 16.3. The molecule has 3 heteroatoms. The third-order valence-corrected chi connectivity index (χ3v) is 12.5. The third-order valence-electron chi connectivity index (χ3n) is 12.5. The maximum absolute atomic E-state index is 6.71. The quantitative estimate of drug-likeness (QED) is 0.158. The number of nitrogens with zero attached hydrogens (tertiary/aromatic N) is 2. The fourth-order valence-electron chi connectivity index (χ4n) is 9.83. The molecular formula is C55H38N2O. The van der Waals surface area contributed by atoms with E-state index in [4.69, 9.17) is 4.42 Å². The van der Waals surface area contributed by atoms with Crippen molar-refractivity contribution >= 4 is 88.4 Å². The third kappa shape index (κ3) is 4.74. The van der Waals surface area contributed by atoms with Crippen LogP contribution < -0.4 is 9.80 Å². The zero-order valence-corrected chi connectivity index (χ0v) is 32.3. The van der Waals surface area contributed by atoms with Crippen LogP contribution in [0.5, 0.6) is 0 Å². The van der Waals surface area contributed by atoms with Crippen LogP contribution in [-0.2, 0) is 6.42 Å². The van der Waals surface area contributed by atoms with E-state index in [-0.39, 0.29) is 0 Å². The number of aryl methyl sites for hydroxylation is 2. The second kappa shape index (κ2) is 12.6. The topological polar surface area (TPSA) is 19.6 Å². The average Bonchev–Trinajstić information content (AvgIpc) is 3.85. The molecule has 0 spiro atoms. The number of benzene rings is 10. The van der Waals surface area contributed by atoms with E-state index in [9.17, 15) is 0 Å². The summed E-state index contributed by atoms with van der Waals surface area (Å²) in [6.45, 7) is 4.42. The first-order valence-electron chi connectivity index (χ1n) is 20.1. The smallest absolute Gasteiger partial charge is 0.159 e. The molecule has 0 atom stereocenters. The van der Waals surface area contributed by atoms with Gasteiger partial charge in [0.2, 0.25) is 0 Å². The minimum absolute atomic E-state index is 0.881. The van der Waals surface area contributed by atoms with Gasteiger partial charge in [-0.2, -0.15) is 0 Å². The number of furan rings is 1. The molecule has 0 aliphatic heterocycles. The molecule has 10 aromatic carbocycles. The maximum Gasteiger partial charge on any atom is 0.159 e. The van der Waals surface area contributed by atoms with E-state index in [1.807, 2.05) is 6.07 Å². The lowest BCUT2D eigenvalue weighted by molar-refractivity contribution is 0.669. The predicted molar refractivity (Wildman–Crippen MR) is 245 cm³/mol. The van der Waals surface area contributed by atoms with Crippen LogP contribution in [0, 0.1) is 13.8 Å². The van der Waals surface area contributed by atoms with Gasteiger partial charge in [-0.3, -0.25) is 0 Å². The highest BCUT2D eigenvalue weighted by Gasteiger charge is 2.28. The molecule has 0 bridgehead atoms. The Morgan fingerprint density at radius 2 is 0.897 bits per heavy atom. The summed E-state index contributed by atoms with van der Waals surface area (Å²) < 4.78 is 6.71. The van der Waals surface area contributed by atoms with E-state index in [0.29, 0.717) is 0 Å². The van der Waals surface area contributed by atoms with E-state index in [1.54, 1.807) is 0 Å². The first-order chi connectivity index (χ1) is 28.6. The van der Waals surface area contributed by atoms with Gasteiger partial charge in [0.15, 0.2) is 5.58 Å². The second-order valence-corrected chi connectivity index (χ2v) is 15.7. The zero-order valence-electron chi connectivity index (χ0n) is 32.3. The Hall–Kier alpha value is -7.36. The molecule has 1 aliphatic carbocycles. The highest BCUT2D eigenvalue weighted by molar-refractivity contribution is 6.28. The molecule has 0 radical (unpaired) electrons. The number of anilines is 6. The first-order valence-corrected chi connectivity index (χ1v) is 20.1. The molecule has 1 aromatic heterocycles. The van der Waals surface area contributed by atoms with Gasteiger partial charge in [0.25, 0.3) is 0 Å². The summed E-state index contributed by atoms with van der Waals surface area (Å²) in [5, 5.41) is 9.65. The Labute approximate surface area is 337 Å². The minimum Gasteiger partial charge on any atom is -0.454 e. The average molecular weight is 743 g/mol. The van der Waals surface area contributed by atoms with Gasteiger partial charge in [-0.25, -0.2) is 0 Å². The van der Waals surface area contributed by atoms with Crippen LogP contribution >= 0.6 is 0 Å². The van der Waals surface area contributed by atoms with E-state index in [1.165, 1.54) is 82.8 Å². The van der Waals surface area contributed by atoms with Crippen LogP contribution in [0.2, 0.25) is 0 Å². The fraction of sp³-hybridized carbons (Fsp3) is 0.0545. The van der Waals surface area contributed by atoms with Gasteiger partial charge < -0.3 is 14.2 Å². The first kappa shape index (κ1) is 32.8. The predicted octanol–water partition coefficient (Wildman–Crippen LogP) is 15.6. The molecule has 0 unspecified atom stereocenters. The minimum atomic E-state index is 0.881. The molecule has 58 heavy (non-hydrogen) atoms. The van der Waals surface area contributed by atoms with Gasteiger partial charge in [-0.1, -0.05) is 140 Å². The van der Waals surface area contributed by atoms with Crippen molar-refractivity contribution in [1.29, 1.82) is 0 Å². The largest absolute Gasteiger partial charge is 0.454 e. The summed E-state index contributed by atoms with van der Waals surface area (Å²) in [6.07, 6.45) is 0.909. The van der Waals surface area contributed by atoms with Crippen molar-refractivity contribution in [3.63, 3.8) is 0 Å². The Morgan fingerprint density at radius 3 is 1.60 bits per heavy atom. The Bertz CT molecular complexity index is 3430. The van der Waals surface area contributed by atoms with Gasteiger partial charge >= 0.3 is 0 Å². The number of para-hydroxylation sites is 4. The number of rotatable bonds is 6. The summed E-state index contributed by atoms with van der Waals surface area (Å²) in [6, 6.07) is 66.6. The summed E-state index contributed by atoms with van der Waals surface area (Å²) in [7, 11) is 0. The summed E-state index contributed by atoms with van der Waals surface area (Å²) in [5.41, 5.74) is 16.4. The summed E-state index contributed by atoms with van der Waals surface area (Å²) in [5.74, 6) is 0. The molecule has 1 aliphatic rings. The molecule has 0 saturated carbocycles. The van der Waals surface area contributed by atoms with Gasteiger partial charge in [0.1, 0.15) is 5.58 Å². The van der Waals surface area contributed by atoms with Gasteiger partial charge in [0.05, 0.1) is 22.7 Å². The van der Waals surface area contributed by atoms with Gasteiger partial charge in [-0.05, 0) is 111 Å². The van der Waals surface area contributed by atoms with Crippen LogP contribution in [0.4, 0.5) is 34.1 Å². The Morgan fingerprint density at radius 1 is 0.379 bits per heavy atom. The molecule has 0 amide bonds. The van der Waals surface area contributed by atoms with Crippen molar-refractivity contribution in [3.05, 3.63) is 204 Å². The van der Waals surface area contributed by atoms with Crippen molar-refractivity contribution in [2.45, 2.75) is 20.3 Å². The van der Waals surface area contributed by atoms with Crippen molar-refractivity contribution < 1.29 is 4.42 Å². The lowest BCUT2D eigenvalue weighted by atomic mass is 9.91. The van der Waals surface area contributed by atoms with Crippen LogP contribution in [0.1, 0.15) is 22.3 Å². The molecular weight excluding hydrogens is 705 g/mol. The zero-order chi connectivity index (χ0) is 38.5. The van der Waals surface area contributed by atoms with Crippen molar-refractivity contribution in [3.8, 4) is 11.1 Å². The van der Waals surface area contributed by atoms with Crippen LogP contribution in [0.25, 0.3) is 65.4 Å². The van der Waals surface area contributed by atoms with E-state index < -0.39 is 0 Å². The van der Waals surface area contributed by atoms with E-state index >= 15 is 0 Å². The molecule has 3 nitrogen and oxygen atoms in total. The number of fused-ring (bicyclic) bond motifs is 6. The lowest BCUT2D eigenvalue weighted by Crippen LogP contribution is -2.14. The summed E-state index contributed by atoms with van der Waals surface area (Å²) in [4.78, 5) is 4.94. The van der Waals surface area contributed by atoms with E-state index in [2.05, 4.69) is 200 Å². The molecule has 0 saturated heterocycles. The van der Waals surface area contributed by atoms with Crippen LogP contribution in [0.3, 0.4) is 0 Å². The van der Waals surface area contributed by atoms with Gasteiger partial charge in [0, 0.05) is 39.3 Å². The van der Waals surface area contributed by atoms with Gasteiger partial charge in [-0.15, -0.1) is 0 Å². The van der Waals surface area contributed by atoms with Crippen molar-refractivity contribution in [1.82, 2.24) is 0 Å². The van der Waals surface area contributed by atoms with Crippen LogP contribution in [-0.4, -0.2) is 0 Å². The van der Waals surface area contributed by atoms with Crippen molar-refractivity contribution in [2.75, 3.05) is 9.80 Å². The number of hydrogen-bond acceptors (Lipinski definition) is 3.